The number of benzene rings is 1. The van der Waals surface area contributed by atoms with Gasteiger partial charge >= 0.3 is 0 Å². The third kappa shape index (κ3) is 3.03. The number of hydrogen-bond donors (Lipinski definition) is 0. The highest BCUT2D eigenvalue weighted by molar-refractivity contribution is 5.58. The summed E-state index contributed by atoms with van der Waals surface area (Å²) in [6.45, 7) is 12.4. The van der Waals surface area contributed by atoms with Gasteiger partial charge in [0.2, 0.25) is 0 Å². The molecular weight excluding hydrogens is 236 g/mol. The van der Waals surface area contributed by atoms with Gasteiger partial charge in [-0.1, -0.05) is 12.1 Å². The van der Waals surface area contributed by atoms with Gasteiger partial charge in [-0.05, 0) is 39.8 Å². The molecule has 1 fully saturated rings. The third-order valence-electron chi connectivity index (χ3n) is 3.91. The lowest BCUT2D eigenvalue weighted by Crippen LogP contribution is -2.58. The van der Waals surface area contributed by atoms with Crippen molar-refractivity contribution in [1.29, 1.82) is 0 Å². The lowest BCUT2D eigenvalue weighted by Gasteiger charge is -2.47. The predicted octanol–water partition coefficient (Wildman–Crippen LogP) is 3.00. The molecule has 1 unspecified atom stereocenters. The molecule has 0 amide bonds. The second kappa shape index (κ2) is 5.41. The molecule has 0 N–H and O–H groups in total. The molecule has 0 radical (unpaired) electrons. The lowest BCUT2D eigenvalue weighted by molar-refractivity contribution is 0.0797. The van der Waals surface area contributed by atoms with Crippen molar-refractivity contribution in [3.8, 4) is 5.75 Å². The molecule has 3 heteroatoms. The van der Waals surface area contributed by atoms with E-state index in [0.29, 0.717) is 6.04 Å². The van der Waals surface area contributed by atoms with E-state index in [0.717, 1.165) is 25.4 Å². The van der Waals surface area contributed by atoms with Crippen LogP contribution in [0.3, 0.4) is 0 Å². The number of rotatable bonds is 2. The van der Waals surface area contributed by atoms with Crippen molar-refractivity contribution in [1.82, 2.24) is 4.90 Å². The van der Waals surface area contributed by atoms with Gasteiger partial charge in [0.25, 0.3) is 0 Å². The Morgan fingerprint density at radius 1 is 1.16 bits per heavy atom. The summed E-state index contributed by atoms with van der Waals surface area (Å²) in [6.07, 6.45) is 0. The van der Waals surface area contributed by atoms with Crippen molar-refractivity contribution >= 4 is 5.69 Å². The maximum Gasteiger partial charge on any atom is 0.142 e. The minimum Gasteiger partial charge on any atom is -0.495 e. The Kier molecular flexibility index (Phi) is 4.04. The van der Waals surface area contributed by atoms with Crippen molar-refractivity contribution in [2.75, 3.05) is 31.6 Å². The molecule has 1 atom stereocenters. The van der Waals surface area contributed by atoms with Gasteiger partial charge in [-0.25, -0.2) is 0 Å². The number of anilines is 1. The van der Waals surface area contributed by atoms with Crippen LogP contribution in [0, 0.1) is 0 Å². The molecule has 3 nitrogen and oxygen atoms in total. The van der Waals surface area contributed by atoms with E-state index < -0.39 is 0 Å². The Morgan fingerprint density at radius 2 is 1.84 bits per heavy atom. The fraction of sp³-hybridized carbons (Fsp3) is 0.625. The molecule has 0 saturated carbocycles. The van der Waals surface area contributed by atoms with Gasteiger partial charge < -0.3 is 9.64 Å². The van der Waals surface area contributed by atoms with Crippen LogP contribution in [0.25, 0.3) is 0 Å². The number of ether oxygens (including phenoxy) is 1. The van der Waals surface area contributed by atoms with E-state index in [9.17, 15) is 0 Å². The van der Waals surface area contributed by atoms with E-state index in [-0.39, 0.29) is 5.54 Å². The first-order chi connectivity index (χ1) is 8.93. The average molecular weight is 262 g/mol. The van der Waals surface area contributed by atoms with Crippen LogP contribution >= 0.6 is 0 Å². The molecule has 0 aromatic heterocycles. The monoisotopic (exact) mass is 262 g/mol. The summed E-state index contributed by atoms with van der Waals surface area (Å²) in [4.78, 5) is 5.02. The molecule has 1 aliphatic rings. The SMILES string of the molecule is COc1ccccc1N1CCN(C(C)(C)C)C(C)C1. The van der Waals surface area contributed by atoms with Crippen LogP contribution in [-0.2, 0) is 0 Å². The first-order valence-electron chi connectivity index (χ1n) is 7.08. The average Bonchev–Trinajstić information content (AvgIpc) is 2.37. The van der Waals surface area contributed by atoms with E-state index in [1.807, 2.05) is 12.1 Å². The number of methoxy groups -OCH3 is 1. The Bertz CT molecular complexity index is 425. The minimum atomic E-state index is 0.242. The molecular formula is C16H26N2O. The highest BCUT2D eigenvalue weighted by Crippen LogP contribution is 2.30. The summed E-state index contributed by atoms with van der Waals surface area (Å²) in [7, 11) is 1.74. The molecule has 2 rings (SSSR count). The van der Waals surface area contributed by atoms with Crippen molar-refractivity contribution in [3.05, 3.63) is 24.3 Å². The largest absolute Gasteiger partial charge is 0.495 e. The van der Waals surface area contributed by atoms with Gasteiger partial charge in [0.05, 0.1) is 12.8 Å². The van der Waals surface area contributed by atoms with Gasteiger partial charge in [-0.2, -0.15) is 0 Å². The van der Waals surface area contributed by atoms with Crippen LogP contribution in [0.4, 0.5) is 5.69 Å². The van der Waals surface area contributed by atoms with Gasteiger partial charge in [-0.3, -0.25) is 4.90 Å². The molecule has 106 valence electrons. The Hall–Kier alpha value is -1.22. The zero-order chi connectivity index (χ0) is 14.0. The van der Waals surface area contributed by atoms with Gasteiger partial charge in [-0.15, -0.1) is 0 Å². The van der Waals surface area contributed by atoms with Gasteiger partial charge in [0.15, 0.2) is 0 Å². The van der Waals surface area contributed by atoms with Crippen LogP contribution in [0.5, 0.6) is 5.75 Å². The normalized spacial score (nSPS) is 21.5. The predicted molar refractivity (Wildman–Crippen MR) is 81.1 cm³/mol. The van der Waals surface area contributed by atoms with E-state index in [1.54, 1.807) is 7.11 Å². The van der Waals surface area contributed by atoms with Gasteiger partial charge in [0, 0.05) is 31.2 Å². The Morgan fingerprint density at radius 3 is 2.42 bits per heavy atom. The molecule has 19 heavy (non-hydrogen) atoms. The number of nitrogens with zero attached hydrogens (tertiary/aromatic N) is 2. The van der Waals surface area contributed by atoms with E-state index in [4.69, 9.17) is 4.74 Å². The highest BCUT2D eigenvalue weighted by Gasteiger charge is 2.31. The van der Waals surface area contributed by atoms with E-state index >= 15 is 0 Å². The highest BCUT2D eigenvalue weighted by atomic mass is 16.5. The van der Waals surface area contributed by atoms with Crippen molar-refractivity contribution in [2.24, 2.45) is 0 Å². The summed E-state index contributed by atoms with van der Waals surface area (Å²) < 4.78 is 5.47. The fourth-order valence-corrected chi connectivity index (χ4v) is 3.06. The maximum absolute atomic E-state index is 5.47. The number of para-hydroxylation sites is 2. The standard InChI is InChI=1S/C16H26N2O/c1-13-12-17(10-11-18(13)16(2,3)4)14-8-6-7-9-15(14)19-5/h6-9,13H,10-12H2,1-5H3. The van der Waals surface area contributed by atoms with Gasteiger partial charge in [0.1, 0.15) is 5.75 Å². The minimum absolute atomic E-state index is 0.242. The van der Waals surface area contributed by atoms with E-state index in [2.05, 4.69) is 49.6 Å². The first kappa shape index (κ1) is 14.2. The third-order valence-corrected chi connectivity index (χ3v) is 3.91. The summed E-state index contributed by atoms with van der Waals surface area (Å²) in [5, 5.41) is 0. The topological polar surface area (TPSA) is 15.7 Å². The maximum atomic E-state index is 5.47. The summed E-state index contributed by atoms with van der Waals surface area (Å²) in [6, 6.07) is 8.85. The van der Waals surface area contributed by atoms with Crippen LogP contribution in [-0.4, -0.2) is 43.2 Å². The second-order valence-corrected chi connectivity index (χ2v) is 6.33. The van der Waals surface area contributed by atoms with Crippen LogP contribution in [0.15, 0.2) is 24.3 Å². The van der Waals surface area contributed by atoms with E-state index in [1.165, 1.54) is 5.69 Å². The quantitative estimate of drug-likeness (QED) is 0.815. The molecule has 0 aliphatic carbocycles. The van der Waals surface area contributed by atoms with Crippen molar-refractivity contribution in [3.63, 3.8) is 0 Å². The zero-order valence-electron chi connectivity index (χ0n) is 12.8. The molecule has 0 bridgehead atoms. The lowest BCUT2D eigenvalue weighted by atomic mass is 10.0. The second-order valence-electron chi connectivity index (χ2n) is 6.33. The molecule has 1 aliphatic heterocycles. The van der Waals surface area contributed by atoms with Crippen molar-refractivity contribution < 1.29 is 4.74 Å². The summed E-state index contributed by atoms with van der Waals surface area (Å²) >= 11 is 0. The molecule has 0 spiro atoms. The molecule has 1 saturated heterocycles. The fourth-order valence-electron chi connectivity index (χ4n) is 3.06. The molecule has 1 aromatic carbocycles. The van der Waals surface area contributed by atoms with Crippen LogP contribution < -0.4 is 9.64 Å². The smallest absolute Gasteiger partial charge is 0.142 e. The Balaban J connectivity index is 2.14. The summed E-state index contributed by atoms with van der Waals surface area (Å²) in [5.74, 6) is 0.971. The molecule has 1 heterocycles. The number of hydrogen-bond acceptors (Lipinski definition) is 3. The number of piperazine rings is 1. The molecule has 1 aromatic rings. The Labute approximate surface area is 117 Å². The van der Waals surface area contributed by atoms with Crippen LogP contribution in [0.1, 0.15) is 27.7 Å². The van der Waals surface area contributed by atoms with Crippen LogP contribution in [0.2, 0.25) is 0 Å². The summed E-state index contributed by atoms with van der Waals surface area (Å²) in [5.41, 5.74) is 1.46. The van der Waals surface area contributed by atoms with Crippen molar-refractivity contribution in [2.45, 2.75) is 39.3 Å². The first-order valence-corrected chi connectivity index (χ1v) is 7.08. The zero-order valence-corrected chi connectivity index (χ0v) is 12.8.